The second-order valence-electron chi connectivity index (χ2n) is 6.73. The maximum absolute atomic E-state index is 12.5. The molecule has 0 radical (unpaired) electrons. The van der Waals surface area contributed by atoms with Gasteiger partial charge in [0.2, 0.25) is 5.91 Å². The van der Waals surface area contributed by atoms with E-state index in [-0.39, 0.29) is 11.5 Å². The zero-order valence-electron chi connectivity index (χ0n) is 14.3. The molecule has 1 spiro atoms. The molecule has 138 valence electrons. The molecule has 1 saturated heterocycles. The lowest BCUT2D eigenvalue weighted by atomic mass is 9.85. The molecule has 3 heterocycles. The van der Waals surface area contributed by atoms with Gasteiger partial charge < -0.3 is 26.4 Å². The second kappa shape index (κ2) is 7.72. The third-order valence-corrected chi connectivity index (χ3v) is 6.24. The number of hydrogen-bond acceptors (Lipinski definition) is 5. The molecule has 2 aliphatic rings. The Hall–Kier alpha value is -1.64. The van der Waals surface area contributed by atoms with Crippen molar-refractivity contribution in [1.29, 1.82) is 0 Å². The molecule has 0 bridgehead atoms. The van der Waals surface area contributed by atoms with Crippen molar-refractivity contribution in [3.8, 4) is 0 Å². The van der Waals surface area contributed by atoms with E-state index in [1.165, 1.54) is 10.4 Å². The number of carbonyl (C=O) groups is 2. The number of nitrogens with two attached hydrogens (primary N) is 2. The van der Waals surface area contributed by atoms with Gasteiger partial charge in [-0.05, 0) is 49.1 Å². The van der Waals surface area contributed by atoms with Crippen molar-refractivity contribution in [1.82, 2.24) is 10.2 Å². The van der Waals surface area contributed by atoms with E-state index in [0.717, 1.165) is 25.9 Å². The highest BCUT2D eigenvalue weighted by atomic mass is 32.1. The lowest BCUT2D eigenvalue weighted by molar-refractivity contribution is -0.141. The number of hydrogen-bond donors (Lipinski definition) is 3. The number of likely N-dealkylation sites (tertiary alicyclic amines) is 1. The van der Waals surface area contributed by atoms with Crippen LogP contribution in [0.25, 0.3) is 0 Å². The Balaban J connectivity index is 1.51. The number of amides is 3. The SMILES string of the molecule is NC(=O)NCCC[C@H](N)C(=O)N1CCC2(CC1)OCCc1ccsc12. The Labute approximate surface area is 151 Å². The van der Waals surface area contributed by atoms with E-state index in [9.17, 15) is 9.59 Å². The highest BCUT2D eigenvalue weighted by Crippen LogP contribution is 2.44. The first-order chi connectivity index (χ1) is 12.0. The predicted octanol–water partition coefficient (Wildman–Crippen LogP) is 0.914. The van der Waals surface area contributed by atoms with Crippen LogP contribution in [0.5, 0.6) is 0 Å². The molecule has 1 aromatic heterocycles. The zero-order valence-corrected chi connectivity index (χ0v) is 15.1. The van der Waals surface area contributed by atoms with Crippen molar-refractivity contribution in [3.05, 3.63) is 21.9 Å². The molecule has 8 heteroatoms. The van der Waals surface area contributed by atoms with Crippen LogP contribution in [0.4, 0.5) is 4.79 Å². The maximum Gasteiger partial charge on any atom is 0.312 e. The largest absolute Gasteiger partial charge is 0.369 e. The number of nitrogens with one attached hydrogen (secondary N) is 1. The van der Waals surface area contributed by atoms with Crippen LogP contribution in [0, 0.1) is 0 Å². The maximum atomic E-state index is 12.5. The minimum atomic E-state index is -0.554. The summed E-state index contributed by atoms with van der Waals surface area (Å²) in [5.41, 5.74) is 12.2. The normalized spacial score (nSPS) is 20.1. The van der Waals surface area contributed by atoms with Crippen LogP contribution in [0.15, 0.2) is 11.4 Å². The summed E-state index contributed by atoms with van der Waals surface area (Å²) < 4.78 is 6.17. The van der Waals surface area contributed by atoms with Crippen LogP contribution in [-0.4, -0.2) is 49.1 Å². The quantitative estimate of drug-likeness (QED) is 0.673. The second-order valence-corrected chi connectivity index (χ2v) is 7.65. The summed E-state index contributed by atoms with van der Waals surface area (Å²) in [6.45, 7) is 2.53. The van der Waals surface area contributed by atoms with Crippen molar-refractivity contribution in [3.63, 3.8) is 0 Å². The van der Waals surface area contributed by atoms with Crippen molar-refractivity contribution < 1.29 is 14.3 Å². The number of piperidine rings is 1. The average molecular weight is 366 g/mol. The van der Waals surface area contributed by atoms with Gasteiger partial charge in [-0.1, -0.05) is 0 Å². The number of urea groups is 1. The number of primary amides is 1. The molecular formula is C17H26N4O3S. The summed E-state index contributed by atoms with van der Waals surface area (Å²) in [5, 5.41) is 4.64. The third kappa shape index (κ3) is 3.96. The van der Waals surface area contributed by atoms with Gasteiger partial charge in [-0.3, -0.25) is 4.79 Å². The lowest BCUT2D eigenvalue weighted by Crippen LogP contribution is -2.52. The van der Waals surface area contributed by atoms with Gasteiger partial charge in [0.05, 0.1) is 12.6 Å². The molecule has 0 aromatic carbocycles. The molecule has 0 saturated carbocycles. The van der Waals surface area contributed by atoms with Crippen molar-refractivity contribution in [2.45, 2.75) is 43.7 Å². The Kier molecular flexibility index (Phi) is 5.61. The predicted molar refractivity (Wildman–Crippen MR) is 96.3 cm³/mol. The van der Waals surface area contributed by atoms with Gasteiger partial charge in [0.25, 0.3) is 0 Å². The topological polar surface area (TPSA) is 111 Å². The van der Waals surface area contributed by atoms with Gasteiger partial charge in [0.1, 0.15) is 5.60 Å². The first kappa shape index (κ1) is 18.2. The van der Waals surface area contributed by atoms with Crippen molar-refractivity contribution in [2.24, 2.45) is 11.5 Å². The van der Waals surface area contributed by atoms with Crippen LogP contribution in [0.2, 0.25) is 0 Å². The summed E-state index contributed by atoms with van der Waals surface area (Å²) in [7, 11) is 0. The molecular weight excluding hydrogens is 340 g/mol. The molecule has 2 aliphatic heterocycles. The Morgan fingerprint density at radius 3 is 2.88 bits per heavy atom. The smallest absolute Gasteiger partial charge is 0.312 e. The van der Waals surface area contributed by atoms with Gasteiger partial charge in [-0.15, -0.1) is 11.3 Å². The fourth-order valence-electron chi connectivity index (χ4n) is 3.71. The molecule has 5 N–H and O–H groups in total. The van der Waals surface area contributed by atoms with E-state index in [4.69, 9.17) is 16.2 Å². The third-order valence-electron chi connectivity index (χ3n) is 5.10. The summed E-state index contributed by atoms with van der Waals surface area (Å²) in [4.78, 5) is 26.4. The molecule has 1 atom stereocenters. The minimum absolute atomic E-state index is 0.0175. The highest BCUT2D eigenvalue weighted by Gasteiger charge is 2.42. The number of carbonyl (C=O) groups excluding carboxylic acids is 2. The first-order valence-corrected chi connectivity index (χ1v) is 9.68. The summed E-state index contributed by atoms with van der Waals surface area (Å²) in [6.07, 6.45) is 3.79. The minimum Gasteiger partial charge on any atom is -0.369 e. The molecule has 0 unspecified atom stereocenters. The Morgan fingerprint density at radius 1 is 1.40 bits per heavy atom. The van der Waals surface area contributed by atoms with E-state index < -0.39 is 12.1 Å². The molecule has 0 aliphatic carbocycles. The number of ether oxygens (including phenoxy) is 1. The summed E-state index contributed by atoms with van der Waals surface area (Å²) >= 11 is 1.76. The van der Waals surface area contributed by atoms with E-state index >= 15 is 0 Å². The zero-order chi connectivity index (χ0) is 17.9. The van der Waals surface area contributed by atoms with Crippen LogP contribution >= 0.6 is 11.3 Å². The molecule has 1 aromatic rings. The van der Waals surface area contributed by atoms with Crippen LogP contribution in [0.1, 0.15) is 36.1 Å². The Bertz CT molecular complexity index is 625. The number of fused-ring (bicyclic) bond motifs is 2. The summed E-state index contributed by atoms with van der Waals surface area (Å²) in [5.74, 6) is -0.0175. The fourth-order valence-corrected chi connectivity index (χ4v) is 4.87. The monoisotopic (exact) mass is 366 g/mol. The Morgan fingerprint density at radius 2 is 2.16 bits per heavy atom. The van der Waals surface area contributed by atoms with Crippen LogP contribution < -0.4 is 16.8 Å². The van der Waals surface area contributed by atoms with Gasteiger partial charge in [-0.2, -0.15) is 0 Å². The number of thiophene rings is 1. The standard InChI is InChI=1S/C17H26N4O3S/c18-13(2-1-7-20-16(19)23)15(22)21-8-5-17(6-9-21)14-12(3-10-24-17)4-11-25-14/h4,11,13H,1-3,5-10,18H2,(H3,19,20,23)/t13-/m0/s1. The van der Waals surface area contributed by atoms with Crippen molar-refractivity contribution in [2.75, 3.05) is 26.2 Å². The summed E-state index contributed by atoms with van der Waals surface area (Å²) in [6, 6.07) is 1.10. The molecule has 3 amide bonds. The van der Waals surface area contributed by atoms with Crippen molar-refractivity contribution >= 4 is 23.3 Å². The van der Waals surface area contributed by atoms with Gasteiger partial charge in [-0.25, -0.2) is 4.79 Å². The first-order valence-electron chi connectivity index (χ1n) is 8.80. The fraction of sp³-hybridized carbons (Fsp3) is 0.647. The van der Waals surface area contributed by atoms with E-state index in [2.05, 4.69) is 16.8 Å². The van der Waals surface area contributed by atoms with Crippen LogP contribution in [-0.2, 0) is 21.6 Å². The van der Waals surface area contributed by atoms with Crippen LogP contribution in [0.3, 0.4) is 0 Å². The van der Waals surface area contributed by atoms with E-state index in [1.807, 2.05) is 4.90 Å². The van der Waals surface area contributed by atoms with Gasteiger partial charge >= 0.3 is 6.03 Å². The number of nitrogens with zero attached hydrogens (tertiary/aromatic N) is 1. The van der Waals surface area contributed by atoms with E-state index in [0.29, 0.717) is 32.5 Å². The molecule has 7 nitrogen and oxygen atoms in total. The molecule has 1 fully saturated rings. The average Bonchev–Trinajstić information content (AvgIpc) is 3.09. The van der Waals surface area contributed by atoms with E-state index in [1.54, 1.807) is 11.3 Å². The van der Waals surface area contributed by atoms with Gasteiger partial charge in [0.15, 0.2) is 0 Å². The molecule has 25 heavy (non-hydrogen) atoms. The lowest BCUT2D eigenvalue weighted by Gasteiger charge is -2.44. The highest BCUT2D eigenvalue weighted by molar-refractivity contribution is 7.10. The number of rotatable bonds is 5. The molecule has 3 rings (SSSR count). The van der Waals surface area contributed by atoms with Gasteiger partial charge in [0, 0.05) is 24.5 Å².